The highest BCUT2D eigenvalue weighted by atomic mass is 16.4. The Labute approximate surface area is 92.2 Å². The molecule has 0 aliphatic heterocycles. The molecule has 0 spiro atoms. The number of carbonyl (C=O) groups excluding carboxylic acids is 1. The Morgan fingerprint density at radius 1 is 1.50 bits per heavy atom. The van der Waals surface area contributed by atoms with Crippen LogP contribution in [-0.4, -0.2) is 34.0 Å². The third-order valence-corrected chi connectivity index (χ3v) is 2.42. The van der Waals surface area contributed by atoms with E-state index in [1.54, 1.807) is 0 Å². The quantitative estimate of drug-likeness (QED) is 0.502. The summed E-state index contributed by atoms with van der Waals surface area (Å²) in [5, 5.41) is 17.9. The van der Waals surface area contributed by atoms with Crippen molar-refractivity contribution < 1.29 is 19.8 Å². The zero-order valence-electron chi connectivity index (χ0n) is 8.54. The van der Waals surface area contributed by atoms with Crippen LogP contribution < -0.4 is 11.5 Å². The van der Waals surface area contributed by atoms with Crippen LogP contribution in [0.1, 0.15) is 6.42 Å². The molecule has 0 fully saturated rings. The zero-order valence-corrected chi connectivity index (χ0v) is 8.54. The topological polar surface area (TPSA) is 127 Å². The van der Waals surface area contributed by atoms with Crippen molar-refractivity contribution in [1.29, 1.82) is 0 Å². The number of carboxylic acids is 1. The maximum absolute atomic E-state index is 11.7. The van der Waals surface area contributed by atoms with E-state index in [4.69, 9.17) is 16.6 Å². The number of carboxylic acid groups (broad SMARTS) is 1. The van der Waals surface area contributed by atoms with E-state index in [1.807, 2.05) is 0 Å². The number of hydrogen-bond acceptors (Lipinski definition) is 5. The normalized spacial score (nSPS) is 26.0. The highest BCUT2D eigenvalue weighted by Gasteiger charge is 2.29. The fourth-order valence-electron chi connectivity index (χ4n) is 1.44. The molecule has 3 atom stereocenters. The lowest BCUT2D eigenvalue weighted by molar-refractivity contribution is -0.140. The minimum atomic E-state index is -1.24. The predicted octanol–water partition coefficient (Wildman–Crippen LogP) is -0.687. The molecule has 16 heavy (non-hydrogen) atoms. The standard InChI is InChI=1S/C10H14N2O4/c11-6(10(15)16)4-8(14)5-2-1-3-7(13)9(5)12/h1-3,5-6,9,13H,4,11-12H2,(H,15,16)/t5?,6-,9?/m0/s1. The average Bonchev–Trinajstić information content (AvgIpc) is 2.21. The minimum absolute atomic E-state index is 0.0928. The van der Waals surface area contributed by atoms with E-state index < -0.39 is 29.8 Å². The second-order valence-corrected chi connectivity index (χ2v) is 3.64. The second-order valence-electron chi connectivity index (χ2n) is 3.64. The van der Waals surface area contributed by atoms with Crippen molar-refractivity contribution in [1.82, 2.24) is 0 Å². The van der Waals surface area contributed by atoms with Crippen molar-refractivity contribution >= 4 is 11.8 Å². The van der Waals surface area contributed by atoms with Crippen LogP contribution in [0.15, 0.2) is 24.0 Å². The van der Waals surface area contributed by atoms with Crippen molar-refractivity contribution in [2.75, 3.05) is 0 Å². The van der Waals surface area contributed by atoms with E-state index >= 15 is 0 Å². The van der Waals surface area contributed by atoms with Crippen molar-refractivity contribution in [2.24, 2.45) is 17.4 Å². The van der Waals surface area contributed by atoms with Crippen LogP contribution in [-0.2, 0) is 9.59 Å². The van der Waals surface area contributed by atoms with Gasteiger partial charge >= 0.3 is 5.97 Å². The van der Waals surface area contributed by atoms with Gasteiger partial charge < -0.3 is 21.7 Å². The Morgan fingerprint density at radius 2 is 2.12 bits per heavy atom. The highest BCUT2D eigenvalue weighted by Crippen LogP contribution is 2.18. The number of aliphatic hydroxyl groups is 1. The lowest BCUT2D eigenvalue weighted by Crippen LogP contribution is -2.41. The maximum atomic E-state index is 11.7. The lowest BCUT2D eigenvalue weighted by Gasteiger charge is -2.22. The molecule has 0 aromatic rings. The fourth-order valence-corrected chi connectivity index (χ4v) is 1.44. The van der Waals surface area contributed by atoms with Crippen LogP contribution in [0.2, 0.25) is 0 Å². The first-order valence-corrected chi connectivity index (χ1v) is 4.77. The molecule has 6 N–H and O–H groups in total. The van der Waals surface area contributed by atoms with E-state index in [2.05, 4.69) is 0 Å². The first kappa shape index (κ1) is 12.4. The predicted molar refractivity (Wildman–Crippen MR) is 56.6 cm³/mol. The van der Waals surface area contributed by atoms with Crippen molar-refractivity contribution in [3.05, 3.63) is 24.0 Å². The summed E-state index contributed by atoms with van der Waals surface area (Å²) >= 11 is 0. The Kier molecular flexibility index (Phi) is 3.81. The number of carbonyl (C=O) groups is 2. The van der Waals surface area contributed by atoms with E-state index in [-0.39, 0.29) is 12.2 Å². The number of rotatable bonds is 4. The van der Waals surface area contributed by atoms with Crippen LogP contribution >= 0.6 is 0 Å². The Hall–Kier alpha value is -1.66. The molecule has 6 nitrogen and oxygen atoms in total. The SMILES string of the molecule is NC1C(O)=CC=CC1C(=O)C[C@H](N)C(=O)O. The number of hydrogen-bond donors (Lipinski definition) is 4. The Bertz CT molecular complexity index is 362. The molecular weight excluding hydrogens is 212 g/mol. The van der Waals surface area contributed by atoms with Gasteiger partial charge in [0.05, 0.1) is 12.0 Å². The van der Waals surface area contributed by atoms with Crippen molar-refractivity contribution in [3.8, 4) is 0 Å². The first-order chi connectivity index (χ1) is 7.43. The maximum Gasteiger partial charge on any atom is 0.320 e. The molecule has 88 valence electrons. The molecule has 1 rings (SSSR count). The van der Waals surface area contributed by atoms with Gasteiger partial charge in [-0.15, -0.1) is 0 Å². The number of aliphatic hydroxyl groups excluding tert-OH is 1. The molecule has 0 heterocycles. The molecule has 1 aliphatic carbocycles. The van der Waals surface area contributed by atoms with E-state index in [1.165, 1.54) is 18.2 Å². The first-order valence-electron chi connectivity index (χ1n) is 4.77. The molecule has 6 heteroatoms. The summed E-state index contributed by atoms with van der Waals surface area (Å²) in [5.74, 6) is -2.43. The third kappa shape index (κ3) is 2.68. The lowest BCUT2D eigenvalue weighted by atomic mass is 9.88. The summed E-state index contributed by atoms with van der Waals surface area (Å²) in [6, 6.07) is -2.06. The molecule has 0 bridgehead atoms. The number of ketones is 1. The van der Waals surface area contributed by atoms with Crippen LogP contribution in [0.3, 0.4) is 0 Å². The molecule has 0 radical (unpaired) electrons. The summed E-state index contributed by atoms with van der Waals surface area (Å²) in [7, 11) is 0. The molecule has 0 saturated heterocycles. The molecule has 0 saturated carbocycles. The minimum Gasteiger partial charge on any atom is -0.511 e. The van der Waals surface area contributed by atoms with Crippen molar-refractivity contribution in [2.45, 2.75) is 18.5 Å². The number of allylic oxidation sites excluding steroid dienone is 2. The van der Waals surface area contributed by atoms with Gasteiger partial charge in [-0.2, -0.15) is 0 Å². The monoisotopic (exact) mass is 226 g/mol. The zero-order chi connectivity index (χ0) is 12.3. The summed E-state index contributed by atoms with van der Waals surface area (Å²) < 4.78 is 0. The Morgan fingerprint density at radius 3 is 2.69 bits per heavy atom. The van der Waals surface area contributed by atoms with Crippen LogP contribution in [0.4, 0.5) is 0 Å². The van der Waals surface area contributed by atoms with E-state index in [0.717, 1.165) is 0 Å². The van der Waals surface area contributed by atoms with E-state index in [9.17, 15) is 14.7 Å². The molecule has 0 amide bonds. The fraction of sp³-hybridized carbons (Fsp3) is 0.400. The number of nitrogens with two attached hydrogens (primary N) is 2. The van der Waals surface area contributed by atoms with Crippen molar-refractivity contribution in [3.63, 3.8) is 0 Å². The van der Waals surface area contributed by atoms with Gasteiger partial charge in [0.25, 0.3) is 0 Å². The van der Waals surface area contributed by atoms with Crippen LogP contribution in [0, 0.1) is 5.92 Å². The van der Waals surface area contributed by atoms with Gasteiger partial charge in [-0.1, -0.05) is 12.2 Å². The van der Waals surface area contributed by atoms with Gasteiger partial charge in [-0.05, 0) is 6.08 Å². The molecule has 0 aromatic heterocycles. The number of Topliss-reactive ketones (excluding diaryl/α,β-unsaturated/α-hetero) is 1. The molecule has 1 aliphatic rings. The van der Waals surface area contributed by atoms with E-state index in [0.29, 0.717) is 0 Å². The van der Waals surface area contributed by atoms with Crippen LogP contribution in [0.5, 0.6) is 0 Å². The average molecular weight is 226 g/mol. The van der Waals surface area contributed by atoms with Gasteiger partial charge in [0, 0.05) is 6.42 Å². The summed E-state index contributed by atoms with van der Waals surface area (Å²) in [6.45, 7) is 0. The van der Waals surface area contributed by atoms with Gasteiger partial charge in [-0.25, -0.2) is 0 Å². The summed E-state index contributed by atoms with van der Waals surface area (Å²) in [6.07, 6.45) is 4.13. The van der Waals surface area contributed by atoms with Gasteiger partial charge in [0.1, 0.15) is 17.6 Å². The molecular formula is C10H14N2O4. The summed E-state index contributed by atoms with van der Waals surface area (Å²) in [5.41, 5.74) is 10.8. The van der Waals surface area contributed by atoms with Gasteiger partial charge in [0.15, 0.2) is 0 Å². The smallest absolute Gasteiger partial charge is 0.320 e. The Balaban J connectivity index is 2.66. The largest absolute Gasteiger partial charge is 0.511 e. The number of aliphatic carboxylic acids is 1. The molecule has 0 aromatic carbocycles. The second kappa shape index (κ2) is 4.91. The third-order valence-electron chi connectivity index (χ3n) is 2.42. The molecule has 2 unspecified atom stereocenters. The van der Waals surface area contributed by atoms with Gasteiger partial charge in [-0.3, -0.25) is 9.59 Å². The van der Waals surface area contributed by atoms with Crippen LogP contribution in [0.25, 0.3) is 0 Å². The highest BCUT2D eigenvalue weighted by molar-refractivity contribution is 5.89. The van der Waals surface area contributed by atoms with Gasteiger partial charge in [0.2, 0.25) is 0 Å². The summed E-state index contributed by atoms with van der Waals surface area (Å²) in [4.78, 5) is 22.1.